The maximum atomic E-state index is 11.8. The number of amides is 1. The molecule has 32 heavy (non-hydrogen) atoms. The number of hydrogen-bond donors (Lipinski definition) is 1. The lowest BCUT2D eigenvalue weighted by Gasteiger charge is -2.13. The number of fused-ring (bicyclic) bond motifs is 4. The monoisotopic (exact) mass is 428 g/mol. The first-order valence-corrected chi connectivity index (χ1v) is 10.8. The molecule has 1 aliphatic heterocycles. The summed E-state index contributed by atoms with van der Waals surface area (Å²) in [5.41, 5.74) is 5.99. The number of rotatable bonds is 3. The van der Waals surface area contributed by atoms with E-state index in [2.05, 4.69) is 43.3 Å². The lowest BCUT2D eigenvalue weighted by molar-refractivity contribution is -0.127. The fraction of sp³-hybridized carbons (Fsp3) is 0.292. The number of carbonyl (C=O) groups is 1. The standard InChI is InChI=1S/C24H24N6O2/c1-14(31)29-7-6-15(12-29)24-26-11-16-10-25-23-22(30(16)24)9-20(27-23)19-13-28(2)21-5-4-17(32-3)8-18(19)21/h4-5,8-11,13,15,27H,6-7,12H2,1-3H3. The molecule has 0 bridgehead atoms. The van der Waals surface area contributed by atoms with Crippen molar-refractivity contribution in [2.75, 3.05) is 20.2 Å². The van der Waals surface area contributed by atoms with Crippen molar-refractivity contribution in [2.24, 2.45) is 7.05 Å². The topological polar surface area (TPSA) is 80.5 Å². The van der Waals surface area contributed by atoms with Crippen LogP contribution in [-0.2, 0) is 11.8 Å². The van der Waals surface area contributed by atoms with Gasteiger partial charge in [0, 0.05) is 55.6 Å². The second-order valence-corrected chi connectivity index (χ2v) is 8.54. The molecule has 1 amide bonds. The van der Waals surface area contributed by atoms with Crippen LogP contribution in [0.5, 0.6) is 5.75 Å². The minimum atomic E-state index is 0.121. The third-order valence-electron chi connectivity index (χ3n) is 6.65. The highest BCUT2D eigenvalue weighted by atomic mass is 16.5. The Labute approximate surface area is 184 Å². The van der Waals surface area contributed by atoms with E-state index in [1.165, 1.54) is 0 Å². The van der Waals surface area contributed by atoms with E-state index in [0.29, 0.717) is 6.54 Å². The van der Waals surface area contributed by atoms with Crippen molar-refractivity contribution in [2.45, 2.75) is 19.3 Å². The van der Waals surface area contributed by atoms with E-state index < -0.39 is 0 Å². The fourth-order valence-electron chi connectivity index (χ4n) is 4.97. The Bertz CT molecular complexity index is 1510. The third-order valence-corrected chi connectivity index (χ3v) is 6.65. The molecule has 6 rings (SSSR count). The van der Waals surface area contributed by atoms with Crippen LogP contribution in [0.1, 0.15) is 25.1 Å². The smallest absolute Gasteiger partial charge is 0.219 e. The van der Waals surface area contributed by atoms with Gasteiger partial charge in [-0.1, -0.05) is 0 Å². The Kier molecular flexibility index (Phi) is 4.05. The number of hydrogen-bond acceptors (Lipinski definition) is 4. The Morgan fingerprint density at radius 2 is 2.03 bits per heavy atom. The molecule has 0 radical (unpaired) electrons. The van der Waals surface area contributed by atoms with Gasteiger partial charge in [0.05, 0.1) is 36.2 Å². The van der Waals surface area contributed by atoms with Crippen molar-refractivity contribution in [3.05, 3.63) is 48.7 Å². The summed E-state index contributed by atoms with van der Waals surface area (Å²) in [6.45, 7) is 3.11. The van der Waals surface area contributed by atoms with Gasteiger partial charge in [0.15, 0.2) is 5.65 Å². The van der Waals surface area contributed by atoms with E-state index in [9.17, 15) is 4.79 Å². The third kappa shape index (κ3) is 2.72. The second-order valence-electron chi connectivity index (χ2n) is 8.54. The number of likely N-dealkylation sites (tertiary alicyclic amines) is 1. The number of aryl methyl sites for hydroxylation is 1. The molecule has 162 valence electrons. The molecule has 1 N–H and O–H groups in total. The summed E-state index contributed by atoms with van der Waals surface area (Å²) in [4.78, 5) is 26.6. The minimum Gasteiger partial charge on any atom is -0.497 e. The molecule has 1 fully saturated rings. The Morgan fingerprint density at radius 1 is 1.19 bits per heavy atom. The number of benzene rings is 1. The molecular formula is C24H24N6O2. The molecule has 0 spiro atoms. The molecule has 5 aromatic rings. The zero-order chi connectivity index (χ0) is 22.0. The maximum absolute atomic E-state index is 11.8. The van der Waals surface area contributed by atoms with Crippen LogP contribution in [0.4, 0.5) is 0 Å². The van der Waals surface area contributed by atoms with Gasteiger partial charge in [0.1, 0.15) is 11.6 Å². The zero-order valence-corrected chi connectivity index (χ0v) is 18.3. The highest BCUT2D eigenvalue weighted by Gasteiger charge is 2.29. The van der Waals surface area contributed by atoms with Crippen LogP contribution in [0.25, 0.3) is 38.8 Å². The first kappa shape index (κ1) is 18.9. The van der Waals surface area contributed by atoms with Crippen LogP contribution < -0.4 is 4.74 Å². The molecule has 1 unspecified atom stereocenters. The molecule has 1 saturated heterocycles. The Hall–Kier alpha value is -3.81. The molecule has 1 aliphatic rings. The average molecular weight is 428 g/mol. The first-order chi connectivity index (χ1) is 15.5. The summed E-state index contributed by atoms with van der Waals surface area (Å²) >= 11 is 0. The number of carbonyl (C=O) groups excluding carboxylic acids is 1. The van der Waals surface area contributed by atoms with E-state index in [1.54, 1.807) is 14.0 Å². The van der Waals surface area contributed by atoms with E-state index in [-0.39, 0.29) is 11.8 Å². The number of nitrogens with zero attached hydrogens (tertiary/aromatic N) is 5. The molecule has 1 aromatic carbocycles. The SMILES string of the molecule is COc1ccc2c(c1)c(-c1cc3c(ncc4cnc(C5CCN(C(C)=O)C5)n43)[nH]1)cn2C. The van der Waals surface area contributed by atoms with Gasteiger partial charge >= 0.3 is 0 Å². The van der Waals surface area contributed by atoms with Crippen molar-refractivity contribution in [1.29, 1.82) is 0 Å². The van der Waals surface area contributed by atoms with Crippen molar-refractivity contribution in [3.63, 3.8) is 0 Å². The first-order valence-electron chi connectivity index (χ1n) is 10.8. The van der Waals surface area contributed by atoms with Crippen LogP contribution >= 0.6 is 0 Å². The summed E-state index contributed by atoms with van der Waals surface area (Å²) < 4.78 is 9.76. The summed E-state index contributed by atoms with van der Waals surface area (Å²) in [6, 6.07) is 8.26. The normalized spacial score (nSPS) is 16.6. The van der Waals surface area contributed by atoms with Crippen LogP contribution in [0, 0.1) is 0 Å². The highest BCUT2D eigenvalue weighted by molar-refractivity contribution is 5.98. The highest BCUT2D eigenvalue weighted by Crippen LogP contribution is 2.35. The number of methoxy groups -OCH3 is 1. The van der Waals surface area contributed by atoms with Gasteiger partial charge in [-0.15, -0.1) is 0 Å². The van der Waals surface area contributed by atoms with Gasteiger partial charge in [-0.25, -0.2) is 9.97 Å². The van der Waals surface area contributed by atoms with Gasteiger partial charge < -0.3 is 19.2 Å². The van der Waals surface area contributed by atoms with Gasteiger partial charge in [-0.2, -0.15) is 0 Å². The molecule has 4 aromatic heterocycles. The zero-order valence-electron chi connectivity index (χ0n) is 18.3. The summed E-state index contributed by atoms with van der Waals surface area (Å²) in [6.07, 6.45) is 6.77. The summed E-state index contributed by atoms with van der Waals surface area (Å²) in [5.74, 6) is 2.15. The second kappa shape index (κ2) is 6.85. The summed E-state index contributed by atoms with van der Waals surface area (Å²) in [7, 11) is 3.73. The number of ether oxygens (including phenoxy) is 1. The fourth-order valence-corrected chi connectivity index (χ4v) is 4.97. The predicted octanol–water partition coefficient (Wildman–Crippen LogP) is 3.71. The van der Waals surface area contributed by atoms with Crippen molar-refractivity contribution < 1.29 is 9.53 Å². The quantitative estimate of drug-likeness (QED) is 0.475. The van der Waals surface area contributed by atoms with E-state index in [0.717, 1.165) is 63.4 Å². The molecule has 8 heteroatoms. The Balaban J connectivity index is 1.52. The lowest BCUT2D eigenvalue weighted by atomic mass is 10.1. The van der Waals surface area contributed by atoms with E-state index in [4.69, 9.17) is 9.72 Å². The van der Waals surface area contributed by atoms with Crippen LogP contribution in [0.2, 0.25) is 0 Å². The molecule has 0 saturated carbocycles. The van der Waals surface area contributed by atoms with Gasteiger partial charge in [-0.05, 0) is 30.7 Å². The number of aromatic amines is 1. The minimum absolute atomic E-state index is 0.121. The van der Waals surface area contributed by atoms with Gasteiger partial charge in [-0.3, -0.25) is 9.20 Å². The Morgan fingerprint density at radius 3 is 2.81 bits per heavy atom. The molecular weight excluding hydrogens is 404 g/mol. The molecule has 0 aliphatic carbocycles. The van der Waals surface area contributed by atoms with Crippen LogP contribution in [0.3, 0.4) is 0 Å². The number of H-pyrrole nitrogens is 1. The van der Waals surface area contributed by atoms with E-state index in [1.807, 2.05) is 30.4 Å². The predicted molar refractivity (Wildman–Crippen MR) is 123 cm³/mol. The summed E-state index contributed by atoms with van der Waals surface area (Å²) in [5, 5.41) is 1.12. The van der Waals surface area contributed by atoms with Crippen LogP contribution in [0.15, 0.2) is 42.9 Å². The lowest BCUT2D eigenvalue weighted by Crippen LogP contribution is -2.25. The average Bonchev–Trinajstić information content (AvgIpc) is 3.56. The van der Waals surface area contributed by atoms with Crippen molar-refractivity contribution in [1.82, 2.24) is 28.8 Å². The number of aromatic nitrogens is 5. The molecule has 8 nitrogen and oxygen atoms in total. The van der Waals surface area contributed by atoms with Crippen molar-refractivity contribution in [3.8, 4) is 17.0 Å². The van der Waals surface area contributed by atoms with E-state index >= 15 is 0 Å². The largest absolute Gasteiger partial charge is 0.497 e. The number of nitrogens with one attached hydrogen (secondary N) is 1. The number of imidazole rings is 1. The van der Waals surface area contributed by atoms with Gasteiger partial charge in [0.25, 0.3) is 0 Å². The molecule has 1 atom stereocenters. The van der Waals surface area contributed by atoms with Gasteiger partial charge in [0.2, 0.25) is 5.91 Å². The molecule has 5 heterocycles. The van der Waals surface area contributed by atoms with Crippen LogP contribution in [-0.4, -0.2) is 54.9 Å². The van der Waals surface area contributed by atoms with Crippen molar-refractivity contribution >= 4 is 33.5 Å². The maximum Gasteiger partial charge on any atom is 0.219 e.